The standard InChI is InChI=1S/C14H20B2O6/c1-13(2)14(3,4)22-16(21-13)9-6-7-11(15(18)19)10(8-9)12(17)20-5/h6-8,18-19H,1-5H3. The van der Waals surface area contributed by atoms with E-state index in [2.05, 4.69) is 4.74 Å². The molecule has 1 saturated heterocycles. The van der Waals surface area contributed by atoms with Crippen molar-refractivity contribution in [3.05, 3.63) is 23.8 Å². The molecule has 0 saturated carbocycles. The summed E-state index contributed by atoms with van der Waals surface area (Å²) in [5, 5.41) is 18.7. The summed E-state index contributed by atoms with van der Waals surface area (Å²) in [6.45, 7) is 7.72. The van der Waals surface area contributed by atoms with Gasteiger partial charge in [-0.3, -0.25) is 0 Å². The number of ether oxygens (including phenoxy) is 1. The maximum Gasteiger partial charge on any atom is 0.494 e. The molecule has 2 N–H and O–H groups in total. The van der Waals surface area contributed by atoms with E-state index >= 15 is 0 Å². The molecule has 0 radical (unpaired) electrons. The van der Waals surface area contributed by atoms with Crippen LogP contribution < -0.4 is 10.9 Å². The van der Waals surface area contributed by atoms with Gasteiger partial charge in [0.1, 0.15) is 0 Å². The lowest BCUT2D eigenvalue weighted by Crippen LogP contribution is -2.41. The third kappa shape index (κ3) is 2.92. The molecule has 0 amide bonds. The maximum absolute atomic E-state index is 11.8. The molecule has 0 bridgehead atoms. The predicted octanol–water partition coefficient (Wildman–Crippen LogP) is -0.548. The van der Waals surface area contributed by atoms with E-state index in [1.54, 1.807) is 6.07 Å². The van der Waals surface area contributed by atoms with Crippen LogP contribution in [0.1, 0.15) is 38.1 Å². The molecule has 0 spiro atoms. The highest BCUT2D eigenvalue weighted by Gasteiger charge is 2.51. The molecule has 22 heavy (non-hydrogen) atoms. The van der Waals surface area contributed by atoms with Crippen molar-refractivity contribution >= 4 is 31.1 Å². The van der Waals surface area contributed by atoms with Gasteiger partial charge in [-0.1, -0.05) is 12.1 Å². The highest BCUT2D eigenvalue weighted by atomic mass is 16.7. The first-order valence-electron chi connectivity index (χ1n) is 7.03. The molecule has 0 aliphatic carbocycles. The molecule has 1 aliphatic rings. The van der Waals surface area contributed by atoms with Crippen LogP contribution in [0.3, 0.4) is 0 Å². The minimum absolute atomic E-state index is 0.0738. The summed E-state index contributed by atoms with van der Waals surface area (Å²) < 4.78 is 16.5. The molecule has 8 heteroatoms. The quantitative estimate of drug-likeness (QED) is 0.576. The van der Waals surface area contributed by atoms with Gasteiger partial charge in [-0.2, -0.15) is 0 Å². The predicted molar refractivity (Wildman–Crippen MR) is 83.3 cm³/mol. The summed E-state index contributed by atoms with van der Waals surface area (Å²) in [4.78, 5) is 11.8. The highest BCUT2D eigenvalue weighted by molar-refractivity contribution is 6.64. The van der Waals surface area contributed by atoms with Gasteiger partial charge in [0.05, 0.1) is 23.9 Å². The van der Waals surface area contributed by atoms with E-state index in [9.17, 15) is 14.8 Å². The first-order chi connectivity index (χ1) is 10.1. The van der Waals surface area contributed by atoms with E-state index in [0.717, 1.165) is 0 Å². The van der Waals surface area contributed by atoms with E-state index < -0.39 is 31.4 Å². The minimum Gasteiger partial charge on any atom is -0.465 e. The number of carbonyl (C=O) groups is 1. The van der Waals surface area contributed by atoms with Gasteiger partial charge in [0.25, 0.3) is 0 Å². The van der Waals surface area contributed by atoms with Gasteiger partial charge in [-0.15, -0.1) is 0 Å². The Bertz CT molecular complexity index is 569. The Labute approximate surface area is 130 Å². The summed E-state index contributed by atoms with van der Waals surface area (Å²) in [7, 11) is -1.17. The van der Waals surface area contributed by atoms with Gasteiger partial charge < -0.3 is 24.1 Å². The zero-order chi connectivity index (χ0) is 16.7. The molecule has 0 aromatic heterocycles. The molecule has 0 unspecified atom stereocenters. The van der Waals surface area contributed by atoms with Crippen LogP contribution in [-0.4, -0.2) is 48.6 Å². The summed E-state index contributed by atoms with van der Waals surface area (Å²) >= 11 is 0. The van der Waals surface area contributed by atoms with Crippen molar-refractivity contribution < 1.29 is 28.9 Å². The Balaban J connectivity index is 2.40. The van der Waals surface area contributed by atoms with Crippen molar-refractivity contribution in [3.8, 4) is 0 Å². The van der Waals surface area contributed by atoms with E-state index in [1.807, 2.05) is 27.7 Å². The number of benzene rings is 1. The second-order valence-electron chi connectivity index (χ2n) is 6.30. The molecule has 1 aliphatic heterocycles. The van der Waals surface area contributed by atoms with E-state index in [-0.39, 0.29) is 11.0 Å². The third-order valence-electron chi connectivity index (χ3n) is 4.29. The van der Waals surface area contributed by atoms with E-state index in [1.165, 1.54) is 19.2 Å². The summed E-state index contributed by atoms with van der Waals surface area (Å²) in [5.41, 5.74) is -0.239. The molecule has 1 aromatic rings. The normalized spacial score (nSPS) is 19.1. The fraction of sp³-hybridized carbons (Fsp3) is 0.500. The smallest absolute Gasteiger partial charge is 0.465 e. The topological polar surface area (TPSA) is 85.2 Å². The first-order valence-corrected chi connectivity index (χ1v) is 7.03. The SMILES string of the molecule is COC(=O)c1cc(B2OC(C)(C)C(C)(C)O2)ccc1B(O)O. The maximum atomic E-state index is 11.8. The number of hydrogen-bond acceptors (Lipinski definition) is 6. The van der Waals surface area contributed by atoms with Crippen LogP contribution >= 0.6 is 0 Å². The van der Waals surface area contributed by atoms with E-state index in [4.69, 9.17) is 9.31 Å². The monoisotopic (exact) mass is 306 g/mol. The lowest BCUT2D eigenvalue weighted by Gasteiger charge is -2.32. The molecule has 1 fully saturated rings. The largest absolute Gasteiger partial charge is 0.494 e. The van der Waals surface area contributed by atoms with Crippen LogP contribution in [0.2, 0.25) is 0 Å². The Morgan fingerprint density at radius 2 is 1.73 bits per heavy atom. The van der Waals surface area contributed by atoms with Crippen molar-refractivity contribution in [3.63, 3.8) is 0 Å². The fourth-order valence-electron chi connectivity index (χ4n) is 2.21. The van der Waals surface area contributed by atoms with Crippen molar-refractivity contribution in [2.45, 2.75) is 38.9 Å². The zero-order valence-corrected chi connectivity index (χ0v) is 13.4. The highest BCUT2D eigenvalue weighted by Crippen LogP contribution is 2.36. The third-order valence-corrected chi connectivity index (χ3v) is 4.29. The van der Waals surface area contributed by atoms with Gasteiger partial charge in [0, 0.05) is 0 Å². The molecular formula is C14H20B2O6. The molecule has 6 nitrogen and oxygen atoms in total. The molecule has 118 valence electrons. The van der Waals surface area contributed by atoms with Gasteiger partial charge in [0.15, 0.2) is 0 Å². The van der Waals surface area contributed by atoms with Gasteiger partial charge in [0.2, 0.25) is 0 Å². The Morgan fingerprint density at radius 3 is 2.18 bits per heavy atom. The molecule has 0 atom stereocenters. The second kappa shape index (κ2) is 5.70. The summed E-state index contributed by atoms with van der Waals surface area (Å²) in [6, 6.07) is 4.60. The number of carbonyl (C=O) groups excluding carboxylic acids is 1. The van der Waals surface area contributed by atoms with Crippen LogP contribution in [0, 0.1) is 0 Å². The Morgan fingerprint density at radius 1 is 1.18 bits per heavy atom. The zero-order valence-electron chi connectivity index (χ0n) is 13.4. The average molecular weight is 306 g/mol. The molecule has 1 heterocycles. The summed E-state index contributed by atoms with van der Waals surface area (Å²) in [5.74, 6) is -0.651. The van der Waals surface area contributed by atoms with E-state index in [0.29, 0.717) is 5.46 Å². The van der Waals surface area contributed by atoms with Crippen molar-refractivity contribution in [1.82, 2.24) is 0 Å². The number of esters is 1. The molecular weight excluding hydrogens is 286 g/mol. The van der Waals surface area contributed by atoms with Crippen LogP contribution in [0.5, 0.6) is 0 Å². The number of rotatable bonds is 3. The Hall–Kier alpha value is -1.34. The number of hydrogen-bond donors (Lipinski definition) is 2. The second-order valence-corrected chi connectivity index (χ2v) is 6.30. The number of methoxy groups -OCH3 is 1. The Kier molecular flexibility index (Phi) is 4.41. The lowest BCUT2D eigenvalue weighted by molar-refractivity contribution is 0.00578. The van der Waals surface area contributed by atoms with Gasteiger partial charge in [-0.25, -0.2) is 4.79 Å². The van der Waals surface area contributed by atoms with Crippen LogP contribution in [-0.2, 0) is 14.0 Å². The average Bonchev–Trinajstić information content (AvgIpc) is 2.65. The van der Waals surface area contributed by atoms with Crippen molar-refractivity contribution in [2.75, 3.05) is 7.11 Å². The summed E-state index contributed by atoms with van der Waals surface area (Å²) in [6.07, 6.45) is 0. The van der Waals surface area contributed by atoms with Crippen LogP contribution in [0.15, 0.2) is 18.2 Å². The molecule has 1 aromatic carbocycles. The lowest BCUT2D eigenvalue weighted by atomic mass is 9.71. The van der Waals surface area contributed by atoms with Crippen LogP contribution in [0.4, 0.5) is 0 Å². The van der Waals surface area contributed by atoms with Crippen molar-refractivity contribution in [1.29, 1.82) is 0 Å². The first kappa shape index (κ1) is 17.0. The van der Waals surface area contributed by atoms with Gasteiger partial charge >= 0.3 is 20.2 Å². The van der Waals surface area contributed by atoms with Gasteiger partial charge in [-0.05, 0) is 44.7 Å². The van der Waals surface area contributed by atoms with Crippen LogP contribution in [0.25, 0.3) is 0 Å². The minimum atomic E-state index is -1.76. The fourth-order valence-corrected chi connectivity index (χ4v) is 2.21. The van der Waals surface area contributed by atoms with Crippen molar-refractivity contribution in [2.24, 2.45) is 0 Å². The molecule has 2 rings (SSSR count).